The van der Waals surface area contributed by atoms with Gasteiger partial charge in [-0.3, -0.25) is 0 Å². The molecule has 0 radical (unpaired) electrons. The smallest absolute Gasteiger partial charge is 0.172 e. The first-order chi connectivity index (χ1) is 10.6. The van der Waals surface area contributed by atoms with Crippen LogP contribution in [-0.4, -0.2) is 22.9 Å². The fourth-order valence-corrected chi connectivity index (χ4v) is 3.52. The largest absolute Gasteiger partial charge is 0.503 e. The highest BCUT2D eigenvalue weighted by molar-refractivity contribution is 9.10. The van der Waals surface area contributed by atoms with Gasteiger partial charge in [-0.1, -0.05) is 12.1 Å². The van der Waals surface area contributed by atoms with Gasteiger partial charge in [0.15, 0.2) is 11.5 Å². The highest BCUT2D eigenvalue weighted by Gasteiger charge is 2.17. The highest BCUT2D eigenvalue weighted by atomic mass is 79.9. The quantitative estimate of drug-likeness (QED) is 0.415. The van der Waals surface area contributed by atoms with Gasteiger partial charge in [-0.2, -0.15) is 5.10 Å². The van der Waals surface area contributed by atoms with Gasteiger partial charge in [0, 0.05) is 5.56 Å². The molecule has 0 amide bonds. The fourth-order valence-electron chi connectivity index (χ4n) is 2.09. The minimum Gasteiger partial charge on any atom is -0.503 e. The minimum absolute atomic E-state index is 0.0342. The number of aromatic hydroxyl groups is 1. The zero-order valence-corrected chi connectivity index (χ0v) is 14.0. The van der Waals surface area contributed by atoms with Crippen molar-refractivity contribution in [3.8, 4) is 11.5 Å². The second kappa shape index (κ2) is 5.94. The first kappa shape index (κ1) is 14.8. The number of rotatable bonds is 3. The van der Waals surface area contributed by atoms with Gasteiger partial charge < -0.3 is 15.7 Å². The van der Waals surface area contributed by atoms with Crippen molar-refractivity contribution in [2.75, 3.05) is 7.11 Å². The van der Waals surface area contributed by atoms with Crippen molar-refractivity contribution in [1.82, 2.24) is 4.98 Å². The Morgan fingerprint density at radius 1 is 1.36 bits per heavy atom. The lowest BCUT2D eigenvalue weighted by molar-refractivity contribution is 0.372. The standard InChI is InChI=1S/C15H12BrN3O2S/c1-21-11-7-8(6-9(16)14(11)20)13(19-17)15-18-10-4-2-3-5-12(10)22-15/h2-7,20H,17H2,1H3/b19-13+. The van der Waals surface area contributed by atoms with E-state index in [9.17, 15) is 5.11 Å². The molecule has 0 atom stereocenters. The number of benzene rings is 2. The second-order valence-corrected chi connectivity index (χ2v) is 6.36. The van der Waals surface area contributed by atoms with Crippen molar-refractivity contribution < 1.29 is 9.84 Å². The SMILES string of the molecule is COc1cc(/C(=N\N)c2nc3ccccc3s2)cc(Br)c1O. The first-order valence-corrected chi connectivity index (χ1v) is 7.95. The van der Waals surface area contributed by atoms with Crippen molar-refractivity contribution in [2.24, 2.45) is 10.9 Å². The molecule has 2 aromatic carbocycles. The highest BCUT2D eigenvalue weighted by Crippen LogP contribution is 2.36. The Hall–Kier alpha value is -2.12. The van der Waals surface area contributed by atoms with E-state index >= 15 is 0 Å². The fraction of sp³-hybridized carbons (Fsp3) is 0.0667. The van der Waals surface area contributed by atoms with E-state index in [0.717, 1.165) is 10.2 Å². The molecule has 1 aromatic heterocycles. The van der Waals surface area contributed by atoms with Gasteiger partial charge in [-0.05, 0) is 40.2 Å². The van der Waals surface area contributed by atoms with Crippen LogP contribution < -0.4 is 10.6 Å². The maximum Gasteiger partial charge on any atom is 0.172 e. The van der Waals surface area contributed by atoms with Crippen LogP contribution in [0.1, 0.15) is 10.6 Å². The van der Waals surface area contributed by atoms with Crippen LogP contribution in [0.15, 0.2) is 46.0 Å². The summed E-state index contributed by atoms with van der Waals surface area (Å²) in [4.78, 5) is 4.56. The molecule has 3 rings (SSSR count). The van der Waals surface area contributed by atoms with E-state index in [1.54, 1.807) is 12.1 Å². The zero-order valence-electron chi connectivity index (χ0n) is 11.6. The zero-order chi connectivity index (χ0) is 15.7. The number of para-hydroxylation sites is 1. The number of nitrogens with zero attached hydrogens (tertiary/aromatic N) is 2. The number of hydrazone groups is 1. The molecule has 0 saturated heterocycles. The van der Waals surface area contributed by atoms with Gasteiger partial charge in [0.05, 0.1) is 21.8 Å². The molecule has 0 aliphatic carbocycles. The Kier molecular flexibility index (Phi) is 4.00. The van der Waals surface area contributed by atoms with Crippen LogP contribution in [0.5, 0.6) is 11.5 Å². The molecule has 0 saturated carbocycles. The number of aromatic nitrogens is 1. The third kappa shape index (κ3) is 2.53. The average molecular weight is 378 g/mol. The van der Waals surface area contributed by atoms with E-state index in [-0.39, 0.29) is 5.75 Å². The van der Waals surface area contributed by atoms with Gasteiger partial charge >= 0.3 is 0 Å². The van der Waals surface area contributed by atoms with Crippen LogP contribution >= 0.6 is 27.3 Å². The second-order valence-electron chi connectivity index (χ2n) is 4.47. The normalized spacial score (nSPS) is 11.8. The monoisotopic (exact) mass is 377 g/mol. The van der Waals surface area contributed by atoms with Gasteiger partial charge in [0.2, 0.25) is 0 Å². The molecule has 0 bridgehead atoms. The van der Waals surface area contributed by atoms with Gasteiger partial charge in [0.1, 0.15) is 10.7 Å². The Morgan fingerprint density at radius 2 is 2.14 bits per heavy atom. The van der Waals surface area contributed by atoms with Crippen LogP contribution in [-0.2, 0) is 0 Å². The number of hydrogen-bond acceptors (Lipinski definition) is 6. The van der Waals surface area contributed by atoms with Crippen molar-refractivity contribution in [1.29, 1.82) is 0 Å². The van der Waals surface area contributed by atoms with Crippen LogP contribution in [0.2, 0.25) is 0 Å². The molecule has 112 valence electrons. The first-order valence-electron chi connectivity index (χ1n) is 6.34. The number of ether oxygens (including phenoxy) is 1. The molecule has 3 N–H and O–H groups in total. The topological polar surface area (TPSA) is 80.7 Å². The van der Waals surface area contributed by atoms with Crippen molar-refractivity contribution >= 4 is 43.2 Å². The molecule has 0 aliphatic heterocycles. The van der Waals surface area contributed by atoms with Crippen LogP contribution in [0.25, 0.3) is 10.2 Å². The molecule has 1 heterocycles. The van der Waals surface area contributed by atoms with Crippen LogP contribution in [0.4, 0.5) is 0 Å². The minimum atomic E-state index is 0.0342. The molecule has 0 spiro atoms. The summed E-state index contributed by atoms with van der Waals surface area (Å²) in [6, 6.07) is 11.2. The van der Waals surface area contributed by atoms with E-state index in [0.29, 0.717) is 26.5 Å². The molecular weight excluding hydrogens is 366 g/mol. The molecule has 0 unspecified atom stereocenters. The number of phenolic OH excluding ortho intramolecular Hbond substituents is 1. The average Bonchev–Trinajstić information content (AvgIpc) is 2.94. The molecule has 5 nitrogen and oxygen atoms in total. The molecule has 22 heavy (non-hydrogen) atoms. The van der Waals surface area contributed by atoms with Crippen molar-refractivity contribution in [2.45, 2.75) is 0 Å². The number of phenols is 1. The summed E-state index contributed by atoms with van der Waals surface area (Å²) in [5.74, 6) is 5.95. The number of nitrogens with two attached hydrogens (primary N) is 1. The molecule has 7 heteroatoms. The molecule has 0 aliphatic rings. The Labute approximate surface area is 139 Å². The van der Waals surface area contributed by atoms with Crippen LogP contribution in [0, 0.1) is 0 Å². The number of fused-ring (bicyclic) bond motifs is 1. The Balaban J connectivity index is 2.14. The Bertz CT molecular complexity index is 843. The van der Waals surface area contributed by atoms with Gasteiger partial charge in [-0.25, -0.2) is 4.98 Å². The third-order valence-corrected chi connectivity index (χ3v) is 4.79. The molecule has 3 aromatic rings. The number of hydrogen-bond donors (Lipinski definition) is 2. The molecule has 0 fully saturated rings. The summed E-state index contributed by atoms with van der Waals surface area (Å²) in [6.07, 6.45) is 0. The van der Waals surface area contributed by atoms with Crippen molar-refractivity contribution in [3.63, 3.8) is 0 Å². The lowest BCUT2D eigenvalue weighted by atomic mass is 10.1. The summed E-state index contributed by atoms with van der Waals surface area (Å²) in [7, 11) is 1.49. The van der Waals surface area contributed by atoms with E-state index in [2.05, 4.69) is 26.0 Å². The van der Waals surface area contributed by atoms with E-state index in [1.165, 1.54) is 18.4 Å². The predicted octanol–water partition coefficient (Wildman–Crippen LogP) is 3.48. The van der Waals surface area contributed by atoms with E-state index < -0.39 is 0 Å². The summed E-state index contributed by atoms with van der Waals surface area (Å²) in [5.41, 5.74) is 2.15. The van der Waals surface area contributed by atoms with Crippen molar-refractivity contribution in [3.05, 3.63) is 51.4 Å². The number of halogens is 1. The molecular formula is C15H12BrN3O2S. The van der Waals surface area contributed by atoms with E-state index in [4.69, 9.17) is 10.6 Å². The summed E-state index contributed by atoms with van der Waals surface area (Å²) >= 11 is 4.81. The lowest BCUT2D eigenvalue weighted by Gasteiger charge is -2.09. The third-order valence-electron chi connectivity index (χ3n) is 3.15. The van der Waals surface area contributed by atoms with Crippen LogP contribution in [0.3, 0.4) is 0 Å². The maximum atomic E-state index is 9.91. The maximum absolute atomic E-state index is 9.91. The number of thiazole rings is 1. The lowest BCUT2D eigenvalue weighted by Crippen LogP contribution is -2.06. The summed E-state index contributed by atoms with van der Waals surface area (Å²) in [6.45, 7) is 0. The van der Waals surface area contributed by atoms with Gasteiger partial charge in [0.25, 0.3) is 0 Å². The number of methoxy groups -OCH3 is 1. The van der Waals surface area contributed by atoms with E-state index in [1.807, 2.05) is 24.3 Å². The predicted molar refractivity (Wildman–Crippen MR) is 91.8 cm³/mol. The summed E-state index contributed by atoms with van der Waals surface area (Å²) in [5, 5.41) is 14.5. The Morgan fingerprint density at radius 3 is 2.82 bits per heavy atom. The van der Waals surface area contributed by atoms with Gasteiger partial charge in [-0.15, -0.1) is 11.3 Å². The summed E-state index contributed by atoms with van der Waals surface area (Å²) < 4.78 is 6.73.